The van der Waals surface area contributed by atoms with Crippen LogP contribution in [0.25, 0.3) is 0 Å². The van der Waals surface area contributed by atoms with Gasteiger partial charge in [-0.2, -0.15) is 0 Å². The summed E-state index contributed by atoms with van der Waals surface area (Å²) in [4.78, 5) is 11.4. The Morgan fingerprint density at radius 3 is 2.71 bits per heavy atom. The van der Waals surface area contributed by atoms with Crippen molar-refractivity contribution in [1.29, 1.82) is 0 Å². The lowest BCUT2D eigenvalue weighted by molar-refractivity contribution is -0.491. The van der Waals surface area contributed by atoms with Gasteiger partial charge >= 0.3 is 0 Å². The zero-order valence-electron chi connectivity index (χ0n) is 7.89. The molecule has 0 bridgehead atoms. The normalized spacial score (nSPS) is 15.4. The van der Waals surface area contributed by atoms with Gasteiger partial charge in [0.05, 0.1) is 6.42 Å². The van der Waals surface area contributed by atoms with Gasteiger partial charge in [0.2, 0.25) is 12.2 Å². The minimum Gasteiger partial charge on any atom is -0.0622 e. The molecule has 1 heterocycles. The fourth-order valence-electron chi connectivity index (χ4n) is 1.49. The smallest absolute Gasteiger partial charge is 0.0622 e. The third kappa shape index (κ3) is 1.96. The Morgan fingerprint density at radius 1 is 1.21 bits per heavy atom. The average molecular weight is 186 g/mol. The van der Waals surface area contributed by atoms with Crippen LogP contribution in [0.3, 0.4) is 0 Å². The Balaban J connectivity index is 2.15. The van der Waals surface area contributed by atoms with Crippen molar-refractivity contribution in [2.75, 3.05) is 6.54 Å². The summed E-state index contributed by atoms with van der Waals surface area (Å²) in [6, 6.07) is 10.0. The summed E-state index contributed by atoms with van der Waals surface area (Å²) in [5.41, 5.74) is 2.01. The maximum Gasteiger partial charge on any atom is 0.237 e. The highest BCUT2D eigenvalue weighted by molar-refractivity contribution is 5.22. The molecule has 0 atom stereocenters. The van der Waals surface area contributed by atoms with E-state index in [1.54, 1.807) is 0 Å². The third-order valence-electron chi connectivity index (χ3n) is 2.24. The predicted octanol–water partition coefficient (Wildman–Crippen LogP) is 2.46. The molecule has 1 aromatic carbocycles. The van der Waals surface area contributed by atoms with Crippen LogP contribution >= 0.6 is 0 Å². The number of hydrogen-bond donors (Lipinski definition) is 0. The summed E-state index contributed by atoms with van der Waals surface area (Å²) in [7, 11) is 0. The van der Waals surface area contributed by atoms with Crippen LogP contribution in [0.1, 0.15) is 5.56 Å². The second-order valence-electron chi connectivity index (χ2n) is 3.31. The number of rotatable bonds is 2. The van der Waals surface area contributed by atoms with Gasteiger partial charge in [0.1, 0.15) is 0 Å². The summed E-state index contributed by atoms with van der Waals surface area (Å²) >= 11 is 0. The van der Waals surface area contributed by atoms with E-state index in [4.69, 9.17) is 0 Å². The number of nitrogens with zero attached hydrogens (tertiary/aromatic N) is 1. The lowest BCUT2D eigenvalue weighted by Crippen LogP contribution is -2.12. The van der Waals surface area contributed by atoms with Crippen molar-refractivity contribution in [2.24, 2.45) is 0 Å². The van der Waals surface area contributed by atoms with Crippen LogP contribution in [-0.4, -0.2) is 11.3 Å². The van der Waals surface area contributed by atoms with Crippen molar-refractivity contribution in [3.8, 4) is 0 Å². The molecule has 0 fully saturated rings. The van der Waals surface area contributed by atoms with E-state index in [1.165, 1.54) is 5.56 Å². The number of allylic oxidation sites excluding steroid dienone is 3. The minimum atomic E-state index is 0.471. The van der Waals surface area contributed by atoms with E-state index in [-0.39, 0.29) is 0 Å². The van der Waals surface area contributed by atoms with Crippen molar-refractivity contribution in [3.63, 3.8) is 0 Å². The largest absolute Gasteiger partial charge is 0.237 e. The molecular weight excluding hydrogens is 174 g/mol. The van der Waals surface area contributed by atoms with E-state index in [2.05, 4.69) is 0 Å². The molecule has 0 spiro atoms. The molecule has 2 heteroatoms. The third-order valence-corrected chi connectivity index (χ3v) is 2.24. The Hall–Kier alpha value is -1.70. The maximum atomic E-state index is 11.4. The molecule has 1 aromatic rings. The summed E-state index contributed by atoms with van der Waals surface area (Å²) in [6.07, 6.45) is 6.40. The summed E-state index contributed by atoms with van der Waals surface area (Å²) in [6.45, 7) is 0.471. The first-order valence-electron chi connectivity index (χ1n) is 4.70. The molecule has 1 aliphatic heterocycles. The molecular formula is C12H12NO+. The number of nitroso groups, excluding NO2 is 1. The van der Waals surface area contributed by atoms with Crippen molar-refractivity contribution in [3.05, 3.63) is 64.7 Å². The van der Waals surface area contributed by atoms with Gasteiger partial charge in [0.15, 0.2) is 0 Å². The lowest BCUT2D eigenvalue weighted by Gasteiger charge is -2.00. The van der Waals surface area contributed by atoms with Crippen molar-refractivity contribution < 1.29 is 4.76 Å². The van der Waals surface area contributed by atoms with Crippen LogP contribution in [0, 0.1) is 4.91 Å². The van der Waals surface area contributed by atoms with Crippen LogP contribution in [-0.2, 0) is 6.42 Å². The van der Waals surface area contributed by atoms with Crippen LogP contribution in [0.5, 0.6) is 0 Å². The van der Waals surface area contributed by atoms with Crippen LogP contribution < -0.4 is 0 Å². The first-order valence-corrected chi connectivity index (χ1v) is 4.70. The molecule has 0 N–H and O–H groups in total. The van der Waals surface area contributed by atoms with E-state index in [0.29, 0.717) is 13.0 Å². The highest BCUT2D eigenvalue weighted by Crippen LogP contribution is 2.11. The van der Waals surface area contributed by atoms with Crippen LogP contribution in [0.4, 0.5) is 0 Å². The fourth-order valence-corrected chi connectivity index (χ4v) is 1.49. The second-order valence-corrected chi connectivity index (χ2v) is 3.31. The van der Waals surface area contributed by atoms with Crippen molar-refractivity contribution >= 4 is 0 Å². The van der Waals surface area contributed by atoms with E-state index in [0.717, 1.165) is 10.5 Å². The SMILES string of the molecule is O=[N+]1CC=CC=C1Cc1ccccc1. The average Bonchev–Trinajstić information content (AvgIpc) is 2.23. The first kappa shape index (κ1) is 8.88. The van der Waals surface area contributed by atoms with Gasteiger partial charge in [-0.1, -0.05) is 36.4 Å². The molecule has 2 nitrogen and oxygen atoms in total. The monoisotopic (exact) mass is 186 g/mol. The molecule has 1 aliphatic rings. The Bertz CT molecular complexity index is 390. The van der Waals surface area contributed by atoms with Crippen molar-refractivity contribution in [2.45, 2.75) is 6.42 Å². The van der Waals surface area contributed by atoms with E-state index >= 15 is 0 Å². The van der Waals surface area contributed by atoms with Crippen LogP contribution in [0.15, 0.2) is 54.3 Å². The van der Waals surface area contributed by atoms with Gasteiger partial charge in [-0.3, -0.25) is 0 Å². The quantitative estimate of drug-likeness (QED) is 0.649. The molecule has 0 radical (unpaired) electrons. The first-order chi connectivity index (χ1) is 6.86. The maximum absolute atomic E-state index is 11.4. The predicted molar refractivity (Wildman–Crippen MR) is 55.9 cm³/mol. The molecule has 0 saturated carbocycles. The zero-order chi connectivity index (χ0) is 9.80. The van der Waals surface area contributed by atoms with E-state index < -0.39 is 0 Å². The van der Waals surface area contributed by atoms with Crippen LogP contribution in [0.2, 0.25) is 0 Å². The van der Waals surface area contributed by atoms with Gasteiger partial charge in [-0.15, -0.1) is 0 Å². The standard InChI is InChI=1S/C12H12NO/c14-13-9-5-4-8-12(13)10-11-6-2-1-3-7-11/h1-8H,9-10H2/q+1. The molecule has 2 rings (SSSR count). The highest BCUT2D eigenvalue weighted by Gasteiger charge is 2.17. The summed E-state index contributed by atoms with van der Waals surface area (Å²) in [5, 5.41) is 0. The molecule has 70 valence electrons. The van der Waals surface area contributed by atoms with Gasteiger partial charge in [0, 0.05) is 15.7 Å². The van der Waals surface area contributed by atoms with E-state index in [1.807, 2.05) is 48.6 Å². The van der Waals surface area contributed by atoms with E-state index in [9.17, 15) is 4.91 Å². The molecule has 0 unspecified atom stereocenters. The lowest BCUT2D eigenvalue weighted by atomic mass is 10.1. The van der Waals surface area contributed by atoms with Crippen molar-refractivity contribution in [1.82, 2.24) is 0 Å². The minimum absolute atomic E-state index is 0.471. The molecule has 0 amide bonds. The number of benzene rings is 1. The van der Waals surface area contributed by atoms with Gasteiger partial charge in [-0.05, 0) is 11.6 Å². The topological polar surface area (TPSA) is 20.1 Å². The Kier molecular flexibility index (Phi) is 2.54. The molecule has 0 saturated heterocycles. The summed E-state index contributed by atoms with van der Waals surface area (Å²) < 4.78 is 1.03. The molecule has 0 aromatic heterocycles. The molecule has 0 aliphatic carbocycles. The van der Waals surface area contributed by atoms with Gasteiger partial charge in [-0.25, -0.2) is 0 Å². The fraction of sp³-hybridized carbons (Fsp3) is 0.167. The second kappa shape index (κ2) is 4.01. The highest BCUT2D eigenvalue weighted by atomic mass is 16.3. The Labute approximate surface area is 83.1 Å². The Morgan fingerprint density at radius 2 is 2.00 bits per heavy atom. The summed E-state index contributed by atoms with van der Waals surface area (Å²) in [5.74, 6) is 0. The molecule has 14 heavy (non-hydrogen) atoms. The number of hydrogen-bond acceptors (Lipinski definition) is 1. The van der Waals surface area contributed by atoms with Gasteiger partial charge < -0.3 is 0 Å². The zero-order valence-corrected chi connectivity index (χ0v) is 7.89. The van der Waals surface area contributed by atoms with Gasteiger partial charge in [0.25, 0.3) is 0 Å².